The standard InChI is InChI=1S/C22H21N3O3/c1-14-7-9-17(10-8-14)20-11-12-21(27)25(24-20)15(2)22(28)23-19-6-4-5-18(13-19)16(3)26/h4-13,15H,1-3H3,(H,23,28). The van der Waals surface area contributed by atoms with E-state index in [0.717, 1.165) is 11.1 Å². The molecule has 3 aromatic rings. The molecule has 142 valence electrons. The average Bonchev–Trinajstić information content (AvgIpc) is 2.68. The first-order chi connectivity index (χ1) is 13.3. The molecule has 28 heavy (non-hydrogen) atoms. The van der Waals surface area contributed by atoms with Gasteiger partial charge in [0.2, 0.25) is 5.91 Å². The lowest BCUT2D eigenvalue weighted by Crippen LogP contribution is -2.33. The van der Waals surface area contributed by atoms with Gasteiger partial charge in [0.1, 0.15) is 6.04 Å². The van der Waals surface area contributed by atoms with Gasteiger partial charge in [0.25, 0.3) is 5.56 Å². The molecule has 1 N–H and O–H groups in total. The maximum Gasteiger partial charge on any atom is 0.267 e. The van der Waals surface area contributed by atoms with Gasteiger partial charge in [0, 0.05) is 22.9 Å². The number of Topliss-reactive ketones (excluding diaryl/α,β-unsaturated/α-hetero) is 1. The monoisotopic (exact) mass is 375 g/mol. The number of nitrogens with zero attached hydrogens (tertiary/aromatic N) is 2. The SMILES string of the molecule is CC(=O)c1cccc(NC(=O)C(C)n2nc(-c3ccc(C)cc3)ccc2=O)c1. The topological polar surface area (TPSA) is 81.1 Å². The molecule has 0 spiro atoms. The van der Waals surface area contributed by atoms with Gasteiger partial charge < -0.3 is 5.32 Å². The molecule has 1 amide bonds. The fourth-order valence-corrected chi connectivity index (χ4v) is 2.75. The van der Waals surface area contributed by atoms with Crippen LogP contribution < -0.4 is 10.9 Å². The van der Waals surface area contributed by atoms with Crippen molar-refractivity contribution in [2.45, 2.75) is 26.8 Å². The zero-order chi connectivity index (χ0) is 20.3. The van der Waals surface area contributed by atoms with Crippen molar-refractivity contribution >= 4 is 17.4 Å². The molecular weight excluding hydrogens is 354 g/mol. The second-order valence-electron chi connectivity index (χ2n) is 6.67. The molecule has 0 fully saturated rings. The minimum absolute atomic E-state index is 0.0900. The van der Waals surface area contributed by atoms with E-state index in [1.807, 2.05) is 31.2 Å². The molecule has 1 heterocycles. The van der Waals surface area contributed by atoms with Crippen molar-refractivity contribution in [1.82, 2.24) is 9.78 Å². The summed E-state index contributed by atoms with van der Waals surface area (Å²) in [6.07, 6.45) is 0. The third kappa shape index (κ3) is 4.23. The summed E-state index contributed by atoms with van der Waals surface area (Å²) >= 11 is 0. The number of carbonyl (C=O) groups is 2. The maximum atomic E-state index is 12.6. The van der Waals surface area contributed by atoms with Gasteiger partial charge in [0.05, 0.1) is 5.69 Å². The van der Waals surface area contributed by atoms with Gasteiger partial charge in [-0.1, -0.05) is 42.0 Å². The van der Waals surface area contributed by atoms with Gasteiger partial charge in [-0.3, -0.25) is 14.4 Å². The number of hydrogen-bond donors (Lipinski definition) is 1. The normalized spacial score (nSPS) is 11.7. The van der Waals surface area contributed by atoms with Crippen LogP contribution in [0.4, 0.5) is 5.69 Å². The summed E-state index contributed by atoms with van der Waals surface area (Å²) in [6.45, 7) is 5.06. The Bertz CT molecular complexity index is 1080. The first kappa shape index (κ1) is 19.2. The lowest BCUT2D eigenvalue weighted by atomic mass is 10.1. The first-order valence-corrected chi connectivity index (χ1v) is 8.94. The number of ketones is 1. The zero-order valence-corrected chi connectivity index (χ0v) is 16.0. The summed E-state index contributed by atoms with van der Waals surface area (Å²) in [5, 5.41) is 7.11. The number of aryl methyl sites for hydroxylation is 1. The van der Waals surface area contributed by atoms with E-state index in [9.17, 15) is 14.4 Å². The van der Waals surface area contributed by atoms with Crippen LogP contribution in [0.5, 0.6) is 0 Å². The maximum absolute atomic E-state index is 12.6. The molecule has 0 radical (unpaired) electrons. The van der Waals surface area contributed by atoms with E-state index in [2.05, 4.69) is 10.4 Å². The van der Waals surface area contributed by atoms with Gasteiger partial charge in [-0.25, -0.2) is 4.68 Å². The summed E-state index contributed by atoms with van der Waals surface area (Å²) in [6, 6.07) is 16.7. The molecule has 1 unspecified atom stereocenters. The predicted molar refractivity (Wildman–Crippen MR) is 108 cm³/mol. The summed E-state index contributed by atoms with van der Waals surface area (Å²) in [5.74, 6) is -0.482. The fraction of sp³-hybridized carbons (Fsp3) is 0.182. The highest BCUT2D eigenvalue weighted by molar-refractivity contribution is 5.97. The van der Waals surface area contributed by atoms with Crippen LogP contribution in [0.25, 0.3) is 11.3 Å². The highest BCUT2D eigenvalue weighted by Crippen LogP contribution is 2.18. The lowest BCUT2D eigenvalue weighted by molar-refractivity contribution is -0.119. The summed E-state index contributed by atoms with van der Waals surface area (Å²) < 4.78 is 1.17. The second-order valence-corrected chi connectivity index (χ2v) is 6.67. The van der Waals surface area contributed by atoms with Crippen LogP contribution in [0.2, 0.25) is 0 Å². The average molecular weight is 375 g/mol. The van der Waals surface area contributed by atoms with Crippen molar-refractivity contribution in [3.05, 3.63) is 82.1 Å². The van der Waals surface area contributed by atoms with E-state index in [-0.39, 0.29) is 11.3 Å². The summed E-state index contributed by atoms with van der Waals surface area (Å²) in [5.41, 5.74) is 3.22. The number of aromatic nitrogens is 2. The van der Waals surface area contributed by atoms with Crippen LogP contribution in [-0.2, 0) is 4.79 Å². The van der Waals surface area contributed by atoms with Crippen molar-refractivity contribution in [2.75, 3.05) is 5.32 Å². The van der Waals surface area contributed by atoms with Gasteiger partial charge in [-0.05, 0) is 39.0 Å². The number of amides is 1. The van der Waals surface area contributed by atoms with E-state index in [0.29, 0.717) is 16.9 Å². The minimum atomic E-state index is -0.820. The molecule has 2 aromatic carbocycles. The van der Waals surface area contributed by atoms with Gasteiger partial charge in [-0.15, -0.1) is 0 Å². The molecule has 3 rings (SSSR count). The first-order valence-electron chi connectivity index (χ1n) is 8.94. The number of benzene rings is 2. The molecule has 0 bridgehead atoms. The Balaban J connectivity index is 1.86. The van der Waals surface area contributed by atoms with E-state index in [1.165, 1.54) is 17.7 Å². The lowest BCUT2D eigenvalue weighted by Gasteiger charge is -2.15. The van der Waals surface area contributed by atoms with E-state index < -0.39 is 11.9 Å². The molecule has 1 atom stereocenters. The Labute approximate surface area is 162 Å². The van der Waals surface area contributed by atoms with Crippen LogP contribution in [0, 0.1) is 6.92 Å². The van der Waals surface area contributed by atoms with Crippen LogP contribution in [0.3, 0.4) is 0 Å². The molecule has 6 heteroatoms. The van der Waals surface area contributed by atoms with Crippen LogP contribution >= 0.6 is 0 Å². The predicted octanol–water partition coefficient (Wildman–Crippen LogP) is 3.62. The Morgan fingerprint density at radius 2 is 1.75 bits per heavy atom. The Kier molecular flexibility index (Phi) is 5.49. The second kappa shape index (κ2) is 8.00. The van der Waals surface area contributed by atoms with Crippen molar-refractivity contribution in [3.63, 3.8) is 0 Å². The van der Waals surface area contributed by atoms with Gasteiger partial charge in [0.15, 0.2) is 5.78 Å². The quantitative estimate of drug-likeness (QED) is 0.691. The molecule has 0 aliphatic heterocycles. The number of rotatable bonds is 5. The van der Waals surface area contributed by atoms with Gasteiger partial charge >= 0.3 is 0 Å². The van der Waals surface area contributed by atoms with Crippen molar-refractivity contribution in [2.24, 2.45) is 0 Å². The number of carbonyl (C=O) groups excluding carboxylic acids is 2. The van der Waals surface area contributed by atoms with Crippen molar-refractivity contribution in [3.8, 4) is 11.3 Å². The molecule has 6 nitrogen and oxygen atoms in total. The smallest absolute Gasteiger partial charge is 0.267 e. The van der Waals surface area contributed by atoms with E-state index in [4.69, 9.17) is 0 Å². The van der Waals surface area contributed by atoms with Crippen LogP contribution in [0.15, 0.2) is 65.5 Å². The molecule has 1 aromatic heterocycles. The fourth-order valence-electron chi connectivity index (χ4n) is 2.75. The van der Waals surface area contributed by atoms with E-state index in [1.54, 1.807) is 37.3 Å². The number of nitrogens with one attached hydrogen (secondary N) is 1. The Hall–Kier alpha value is -3.54. The number of anilines is 1. The largest absolute Gasteiger partial charge is 0.324 e. The van der Waals surface area contributed by atoms with Gasteiger partial charge in [-0.2, -0.15) is 5.10 Å². The van der Waals surface area contributed by atoms with E-state index >= 15 is 0 Å². The third-order valence-corrected chi connectivity index (χ3v) is 4.46. The third-order valence-electron chi connectivity index (χ3n) is 4.46. The summed E-state index contributed by atoms with van der Waals surface area (Å²) in [7, 11) is 0. The molecule has 0 aliphatic rings. The molecule has 0 saturated heterocycles. The Morgan fingerprint density at radius 1 is 1.04 bits per heavy atom. The molecule has 0 saturated carbocycles. The minimum Gasteiger partial charge on any atom is -0.324 e. The zero-order valence-electron chi connectivity index (χ0n) is 16.0. The van der Waals surface area contributed by atoms with Crippen molar-refractivity contribution < 1.29 is 9.59 Å². The highest BCUT2D eigenvalue weighted by atomic mass is 16.2. The Morgan fingerprint density at radius 3 is 2.43 bits per heavy atom. The van der Waals surface area contributed by atoms with Crippen LogP contribution in [0.1, 0.15) is 35.8 Å². The van der Waals surface area contributed by atoms with Crippen LogP contribution in [-0.4, -0.2) is 21.5 Å². The highest BCUT2D eigenvalue weighted by Gasteiger charge is 2.18. The molecule has 0 aliphatic carbocycles. The van der Waals surface area contributed by atoms with Crippen molar-refractivity contribution in [1.29, 1.82) is 0 Å². The molecular formula is C22H21N3O3. The number of hydrogen-bond acceptors (Lipinski definition) is 4. The summed E-state index contributed by atoms with van der Waals surface area (Å²) in [4.78, 5) is 36.4.